The number of hydrogen-bond donors (Lipinski definition) is 2. The van der Waals surface area contributed by atoms with Crippen molar-refractivity contribution in [1.29, 1.82) is 0 Å². The van der Waals surface area contributed by atoms with Crippen molar-refractivity contribution < 1.29 is 19.4 Å². The Bertz CT molecular complexity index is 544. The van der Waals surface area contributed by atoms with E-state index in [1.54, 1.807) is 29.2 Å². The Morgan fingerprint density at radius 1 is 1.36 bits per heavy atom. The maximum Gasteiger partial charge on any atom is 0.317 e. The molecule has 120 valence electrons. The Morgan fingerprint density at radius 3 is 2.64 bits per heavy atom. The lowest BCUT2D eigenvalue weighted by molar-refractivity contribution is -0.136. The predicted molar refractivity (Wildman–Crippen MR) is 82.2 cm³/mol. The summed E-state index contributed by atoms with van der Waals surface area (Å²) in [6.45, 7) is 5.48. The van der Waals surface area contributed by atoms with Gasteiger partial charge in [0.15, 0.2) is 0 Å². The number of benzene rings is 1. The second-order valence-corrected chi connectivity index (χ2v) is 5.74. The van der Waals surface area contributed by atoms with Gasteiger partial charge in [0.1, 0.15) is 5.75 Å². The fourth-order valence-corrected chi connectivity index (χ4v) is 2.61. The van der Waals surface area contributed by atoms with Crippen LogP contribution in [0.5, 0.6) is 5.75 Å². The summed E-state index contributed by atoms with van der Waals surface area (Å²) in [6.07, 6.45) is 0.739. The van der Waals surface area contributed by atoms with Gasteiger partial charge in [-0.2, -0.15) is 0 Å². The summed E-state index contributed by atoms with van der Waals surface area (Å²) in [4.78, 5) is 24.9. The van der Waals surface area contributed by atoms with Crippen molar-refractivity contribution >= 4 is 11.9 Å². The molecule has 1 aromatic carbocycles. The molecule has 0 saturated carbocycles. The number of nitrogens with one attached hydrogen (secondary N) is 1. The molecular formula is C16H22N2O4. The fraction of sp³-hybridized carbons (Fsp3) is 0.500. The van der Waals surface area contributed by atoms with Gasteiger partial charge in [0.25, 0.3) is 5.91 Å². The minimum Gasteiger partial charge on any atom is -0.494 e. The lowest BCUT2D eigenvalue weighted by Gasteiger charge is -2.25. The Kier molecular flexibility index (Phi) is 5.03. The van der Waals surface area contributed by atoms with Gasteiger partial charge < -0.3 is 14.7 Å². The maximum atomic E-state index is 12.5. The molecule has 0 unspecified atom stereocenters. The molecule has 1 amide bonds. The van der Waals surface area contributed by atoms with Crippen LogP contribution in [-0.4, -0.2) is 53.7 Å². The number of amides is 1. The Hall–Kier alpha value is -2.08. The van der Waals surface area contributed by atoms with Gasteiger partial charge in [-0.3, -0.25) is 14.9 Å². The van der Waals surface area contributed by atoms with E-state index >= 15 is 0 Å². The van der Waals surface area contributed by atoms with Gasteiger partial charge in [-0.25, -0.2) is 0 Å². The lowest BCUT2D eigenvalue weighted by atomic mass is 10.0. The third-order valence-corrected chi connectivity index (χ3v) is 3.84. The lowest BCUT2D eigenvalue weighted by Crippen LogP contribution is -2.47. The van der Waals surface area contributed by atoms with Crippen molar-refractivity contribution in [3.05, 3.63) is 29.8 Å². The van der Waals surface area contributed by atoms with Gasteiger partial charge in [-0.1, -0.05) is 0 Å². The Balaban J connectivity index is 1.97. The van der Waals surface area contributed by atoms with Gasteiger partial charge in [0.05, 0.1) is 13.2 Å². The molecule has 1 heterocycles. The van der Waals surface area contributed by atoms with Gasteiger partial charge in [-0.05, 0) is 44.5 Å². The number of ether oxygens (including phenoxy) is 1. The second-order valence-electron chi connectivity index (χ2n) is 5.74. The summed E-state index contributed by atoms with van der Waals surface area (Å²) in [5, 5.41) is 11.8. The third kappa shape index (κ3) is 3.98. The number of rotatable bonds is 6. The molecule has 0 spiro atoms. The van der Waals surface area contributed by atoms with Crippen LogP contribution >= 0.6 is 0 Å². The van der Waals surface area contributed by atoms with Crippen LogP contribution in [0.15, 0.2) is 24.3 Å². The van der Waals surface area contributed by atoms with E-state index in [1.807, 2.05) is 13.8 Å². The smallest absolute Gasteiger partial charge is 0.317 e. The van der Waals surface area contributed by atoms with Gasteiger partial charge in [0, 0.05) is 24.2 Å². The monoisotopic (exact) mass is 306 g/mol. The average molecular weight is 306 g/mol. The highest BCUT2D eigenvalue weighted by molar-refractivity contribution is 5.94. The number of likely N-dealkylation sites (tertiary alicyclic amines) is 1. The number of nitrogens with zero attached hydrogens (tertiary/aromatic N) is 1. The fourth-order valence-electron chi connectivity index (χ4n) is 2.61. The van der Waals surface area contributed by atoms with E-state index in [0.717, 1.165) is 12.2 Å². The summed E-state index contributed by atoms with van der Waals surface area (Å²) >= 11 is 0. The summed E-state index contributed by atoms with van der Waals surface area (Å²) in [6, 6.07) is 7.09. The third-order valence-electron chi connectivity index (χ3n) is 3.84. The minimum atomic E-state index is -0.891. The topological polar surface area (TPSA) is 78.9 Å². The first kappa shape index (κ1) is 16.3. The van der Waals surface area contributed by atoms with E-state index in [1.165, 1.54) is 0 Å². The van der Waals surface area contributed by atoms with Crippen LogP contribution in [0, 0.1) is 0 Å². The standard InChI is InChI=1S/C16H22N2O4/c1-3-22-13-6-4-12(5-7-13)15(21)18-9-8-16(2,11-18)17-10-14(19)20/h4-7,17H,3,8-11H2,1-2H3,(H,19,20)/t16-/m0/s1. The van der Waals surface area contributed by atoms with Gasteiger partial charge >= 0.3 is 5.97 Å². The molecule has 2 N–H and O–H groups in total. The first-order valence-electron chi connectivity index (χ1n) is 7.42. The molecule has 1 aliphatic heterocycles. The molecule has 22 heavy (non-hydrogen) atoms. The molecular weight excluding hydrogens is 284 g/mol. The van der Waals surface area contributed by atoms with Crippen molar-refractivity contribution in [2.45, 2.75) is 25.8 Å². The van der Waals surface area contributed by atoms with Crippen LogP contribution in [0.1, 0.15) is 30.6 Å². The van der Waals surface area contributed by atoms with Crippen molar-refractivity contribution in [2.24, 2.45) is 0 Å². The van der Waals surface area contributed by atoms with Gasteiger partial charge in [0.2, 0.25) is 0 Å². The summed E-state index contributed by atoms with van der Waals surface area (Å²) in [5.74, 6) is -0.185. The molecule has 1 aromatic rings. The summed E-state index contributed by atoms with van der Waals surface area (Å²) in [5.41, 5.74) is 0.269. The zero-order valence-electron chi connectivity index (χ0n) is 13.0. The zero-order chi connectivity index (χ0) is 16.2. The van der Waals surface area contributed by atoms with Crippen molar-refractivity contribution in [3.63, 3.8) is 0 Å². The predicted octanol–water partition coefficient (Wildman–Crippen LogP) is 1.36. The highest BCUT2D eigenvalue weighted by Gasteiger charge is 2.36. The average Bonchev–Trinajstić information content (AvgIpc) is 2.89. The summed E-state index contributed by atoms with van der Waals surface area (Å²) in [7, 11) is 0. The normalized spacial score (nSPS) is 20.9. The number of carboxylic acid groups (broad SMARTS) is 1. The quantitative estimate of drug-likeness (QED) is 0.830. The highest BCUT2D eigenvalue weighted by atomic mass is 16.5. The van der Waals surface area contributed by atoms with E-state index in [2.05, 4.69) is 5.32 Å². The number of carbonyl (C=O) groups excluding carboxylic acids is 1. The molecule has 1 saturated heterocycles. The Labute approximate surface area is 130 Å². The molecule has 6 heteroatoms. The largest absolute Gasteiger partial charge is 0.494 e. The van der Waals surface area contributed by atoms with E-state index < -0.39 is 5.97 Å². The number of carboxylic acids is 1. The van der Waals surface area contributed by atoms with Crippen LogP contribution in [0.2, 0.25) is 0 Å². The number of aliphatic carboxylic acids is 1. The van der Waals surface area contributed by atoms with E-state index in [9.17, 15) is 9.59 Å². The molecule has 1 aliphatic rings. The van der Waals surface area contributed by atoms with Crippen LogP contribution in [0.4, 0.5) is 0 Å². The molecule has 0 aliphatic carbocycles. The first-order chi connectivity index (χ1) is 10.4. The first-order valence-corrected chi connectivity index (χ1v) is 7.42. The van der Waals surface area contributed by atoms with Crippen LogP contribution < -0.4 is 10.1 Å². The zero-order valence-corrected chi connectivity index (χ0v) is 13.0. The number of hydrogen-bond acceptors (Lipinski definition) is 4. The van der Waals surface area contributed by atoms with Crippen molar-refractivity contribution in [2.75, 3.05) is 26.2 Å². The van der Waals surface area contributed by atoms with E-state index in [0.29, 0.717) is 25.3 Å². The van der Waals surface area contributed by atoms with E-state index in [-0.39, 0.29) is 18.0 Å². The van der Waals surface area contributed by atoms with Gasteiger partial charge in [-0.15, -0.1) is 0 Å². The Morgan fingerprint density at radius 2 is 2.05 bits per heavy atom. The molecule has 2 rings (SSSR count). The maximum absolute atomic E-state index is 12.5. The molecule has 0 aromatic heterocycles. The molecule has 0 bridgehead atoms. The SMILES string of the molecule is CCOc1ccc(C(=O)N2CC[C@](C)(NCC(=O)O)C2)cc1. The molecule has 0 radical (unpaired) electrons. The molecule has 1 fully saturated rings. The summed E-state index contributed by atoms with van der Waals surface area (Å²) < 4.78 is 5.36. The molecule has 1 atom stereocenters. The van der Waals surface area contributed by atoms with Crippen molar-refractivity contribution in [1.82, 2.24) is 10.2 Å². The van der Waals surface area contributed by atoms with E-state index in [4.69, 9.17) is 9.84 Å². The number of carbonyl (C=O) groups is 2. The van der Waals surface area contributed by atoms with Crippen LogP contribution in [0.3, 0.4) is 0 Å². The second kappa shape index (κ2) is 6.79. The van der Waals surface area contributed by atoms with Crippen LogP contribution in [-0.2, 0) is 4.79 Å². The highest BCUT2D eigenvalue weighted by Crippen LogP contribution is 2.23. The van der Waals surface area contributed by atoms with Crippen LogP contribution in [0.25, 0.3) is 0 Å². The molecule has 6 nitrogen and oxygen atoms in total. The minimum absolute atomic E-state index is 0.0381. The van der Waals surface area contributed by atoms with Crippen molar-refractivity contribution in [3.8, 4) is 5.75 Å².